The Hall–Kier alpha value is -2.12. The van der Waals surface area contributed by atoms with Crippen LogP contribution in [0.25, 0.3) is 10.6 Å². The molecule has 21 heavy (non-hydrogen) atoms. The standard InChI is InChI=1S/C14H12N4OS2/c19-12(18-14-16-7-8-20-14)2-1-11-9-21-13(17-11)10-3-5-15-6-4-10/h3-9H,1-2H2,(H,16,18,19). The van der Waals surface area contributed by atoms with Crippen molar-refractivity contribution in [1.82, 2.24) is 15.0 Å². The summed E-state index contributed by atoms with van der Waals surface area (Å²) < 4.78 is 0. The molecule has 3 heterocycles. The van der Waals surface area contributed by atoms with Gasteiger partial charge in [0.25, 0.3) is 0 Å². The van der Waals surface area contributed by atoms with Gasteiger partial charge in [0.05, 0.1) is 5.69 Å². The van der Waals surface area contributed by atoms with Gasteiger partial charge in [-0.1, -0.05) is 0 Å². The maximum atomic E-state index is 11.8. The Bertz CT molecular complexity index is 710. The largest absolute Gasteiger partial charge is 0.302 e. The zero-order valence-electron chi connectivity index (χ0n) is 11.0. The normalized spacial score (nSPS) is 10.5. The van der Waals surface area contributed by atoms with Gasteiger partial charge in [-0.25, -0.2) is 9.97 Å². The Kier molecular flexibility index (Phi) is 4.32. The number of aromatic nitrogens is 3. The fraction of sp³-hybridized carbons (Fsp3) is 0.143. The Morgan fingerprint density at radius 2 is 2.05 bits per heavy atom. The molecule has 5 nitrogen and oxygen atoms in total. The first-order valence-electron chi connectivity index (χ1n) is 6.35. The maximum Gasteiger partial charge on any atom is 0.226 e. The van der Waals surface area contributed by atoms with Gasteiger partial charge in [-0.2, -0.15) is 0 Å². The second-order valence-electron chi connectivity index (χ2n) is 4.27. The van der Waals surface area contributed by atoms with E-state index >= 15 is 0 Å². The average molecular weight is 316 g/mol. The summed E-state index contributed by atoms with van der Waals surface area (Å²) in [6.07, 6.45) is 6.19. The Balaban J connectivity index is 1.56. The predicted octanol–water partition coefficient (Wildman–Crippen LogP) is 3.23. The number of nitrogens with zero attached hydrogens (tertiary/aromatic N) is 3. The van der Waals surface area contributed by atoms with E-state index in [2.05, 4.69) is 20.3 Å². The minimum Gasteiger partial charge on any atom is -0.302 e. The van der Waals surface area contributed by atoms with Crippen molar-refractivity contribution in [3.63, 3.8) is 0 Å². The van der Waals surface area contributed by atoms with Crippen LogP contribution < -0.4 is 5.32 Å². The first-order chi connectivity index (χ1) is 10.3. The van der Waals surface area contributed by atoms with Crippen molar-refractivity contribution in [2.45, 2.75) is 12.8 Å². The summed E-state index contributed by atoms with van der Waals surface area (Å²) in [5.41, 5.74) is 1.98. The number of carbonyl (C=O) groups excluding carboxylic acids is 1. The van der Waals surface area contributed by atoms with Gasteiger partial charge in [0, 0.05) is 41.3 Å². The van der Waals surface area contributed by atoms with Gasteiger partial charge in [-0.05, 0) is 18.6 Å². The number of carbonyl (C=O) groups is 1. The molecular weight excluding hydrogens is 304 g/mol. The molecule has 0 aromatic carbocycles. The molecule has 106 valence electrons. The summed E-state index contributed by atoms with van der Waals surface area (Å²) in [5.74, 6) is -0.0385. The predicted molar refractivity (Wildman–Crippen MR) is 84.4 cm³/mol. The van der Waals surface area contributed by atoms with Crippen molar-refractivity contribution in [2.24, 2.45) is 0 Å². The molecule has 0 unspecified atom stereocenters. The van der Waals surface area contributed by atoms with Crippen LogP contribution in [0.2, 0.25) is 0 Å². The van der Waals surface area contributed by atoms with Gasteiger partial charge in [0.2, 0.25) is 5.91 Å². The summed E-state index contributed by atoms with van der Waals surface area (Å²) in [5, 5.41) is 8.18. The van der Waals surface area contributed by atoms with E-state index < -0.39 is 0 Å². The molecular formula is C14H12N4OS2. The van der Waals surface area contributed by atoms with E-state index in [1.807, 2.05) is 22.9 Å². The molecule has 0 bridgehead atoms. The summed E-state index contributed by atoms with van der Waals surface area (Å²) in [6, 6.07) is 3.86. The lowest BCUT2D eigenvalue weighted by atomic mass is 10.2. The minimum atomic E-state index is -0.0385. The molecule has 0 aliphatic rings. The molecule has 0 saturated carbocycles. The second kappa shape index (κ2) is 6.55. The van der Waals surface area contributed by atoms with Crippen molar-refractivity contribution in [3.05, 3.63) is 47.2 Å². The molecule has 0 saturated heterocycles. The lowest BCUT2D eigenvalue weighted by molar-refractivity contribution is -0.116. The number of nitrogens with one attached hydrogen (secondary N) is 1. The van der Waals surface area contributed by atoms with Crippen LogP contribution in [0, 0.1) is 0 Å². The number of hydrogen-bond acceptors (Lipinski definition) is 6. The third-order valence-electron chi connectivity index (χ3n) is 2.77. The molecule has 1 amide bonds. The zero-order valence-corrected chi connectivity index (χ0v) is 12.7. The highest BCUT2D eigenvalue weighted by Gasteiger charge is 2.08. The lowest BCUT2D eigenvalue weighted by Gasteiger charge is -1.99. The highest BCUT2D eigenvalue weighted by molar-refractivity contribution is 7.13. The smallest absolute Gasteiger partial charge is 0.226 e. The Morgan fingerprint density at radius 1 is 1.19 bits per heavy atom. The van der Waals surface area contributed by atoms with E-state index in [-0.39, 0.29) is 5.91 Å². The first-order valence-corrected chi connectivity index (χ1v) is 8.11. The van der Waals surface area contributed by atoms with Gasteiger partial charge < -0.3 is 5.32 Å². The third kappa shape index (κ3) is 3.71. The number of anilines is 1. The minimum absolute atomic E-state index is 0.0385. The van der Waals surface area contributed by atoms with Gasteiger partial charge in [0.15, 0.2) is 5.13 Å². The van der Waals surface area contributed by atoms with E-state index in [1.165, 1.54) is 11.3 Å². The fourth-order valence-electron chi connectivity index (χ4n) is 1.76. The molecule has 0 atom stereocenters. The third-order valence-corrected chi connectivity index (χ3v) is 4.39. The van der Waals surface area contributed by atoms with Gasteiger partial charge in [-0.3, -0.25) is 9.78 Å². The SMILES string of the molecule is O=C(CCc1csc(-c2ccncc2)n1)Nc1nccs1. The van der Waals surface area contributed by atoms with E-state index in [1.54, 1.807) is 29.9 Å². The molecule has 0 radical (unpaired) electrons. The lowest BCUT2D eigenvalue weighted by Crippen LogP contribution is -2.12. The summed E-state index contributed by atoms with van der Waals surface area (Å²) >= 11 is 2.99. The van der Waals surface area contributed by atoms with Crippen LogP contribution in [0.3, 0.4) is 0 Å². The van der Waals surface area contributed by atoms with Gasteiger partial charge >= 0.3 is 0 Å². The summed E-state index contributed by atoms with van der Waals surface area (Å²) in [4.78, 5) is 24.3. The van der Waals surface area contributed by atoms with E-state index in [4.69, 9.17) is 0 Å². The summed E-state index contributed by atoms with van der Waals surface area (Å²) in [7, 11) is 0. The molecule has 1 N–H and O–H groups in total. The number of hydrogen-bond donors (Lipinski definition) is 1. The summed E-state index contributed by atoms with van der Waals surface area (Å²) in [6.45, 7) is 0. The quantitative estimate of drug-likeness (QED) is 0.784. The topological polar surface area (TPSA) is 67.8 Å². The molecule has 0 aliphatic carbocycles. The van der Waals surface area contributed by atoms with Gasteiger partial charge in [-0.15, -0.1) is 22.7 Å². The van der Waals surface area contributed by atoms with E-state index in [9.17, 15) is 4.79 Å². The van der Waals surface area contributed by atoms with Crippen LogP contribution in [0.5, 0.6) is 0 Å². The number of thiazole rings is 2. The van der Waals surface area contributed by atoms with Crippen LogP contribution in [0.1, 0.15) is 12.1 Å². The first kappa shape index (κ1) is 13.8. The molecule has 3 aromatic heterocycles. The number of aryl methyl sites for hydroxylation is 1. The van der Waals surface area contributed by atoms with Crippen molar-refractivity contribution >= 4 is 33.7 Å². The number of amides is 1. The number of pyridine rings is 1. The average Bonchev–Trinajstić information content (AvgIpc) is 3.17. The maximum absolute atomic E-state index is 11.8. The van der Waals surface area contributed by atoms with E-state index in [0.717, 1.165) is 16.3 Å². The highest BCUT2D eigenvalue weighted by atomic mass is 32.1. The van der Waals surface area contributed by atoms with Crippen molar-refractivity contribution in [2.75, 3.05) is 5.32 Å². The zero-order chi connectivity index (χ0) is 14.5. The molecule has 0 aliphatic heterocycles. The molecule has 3 aromatic rings. The van der Waals surface area contributed by atoms with Crippen LogP contribution in [0.15, 0.2) is 41.5 Å². The van der Waals surface area contributed by atoms with Crippen LogP contribution in [0.4, 0.5) is 5.13 Å². The molecule has 0 fully saturated rings. The highest BCUT2D eigenvalue weighted by Crippen LogP contribution is 2.23. The Labute approximate surface area is 129 Å². The number of rotatable bonds is 5. The van der Waals surface area contributed by atoms with Crippen molar-refractivity contribution in [3.8, 4) is 10.6 Å². The van der Waals surface area contributed by atoms with Crippen LogP contribution in [-0.4, -0.2) is 20.9 Å². The fourth-order valence-corrected chi connectivity index (χ4v) is 3.16. The Morgan fingerprint density at radius 3 is 2.81 bits per heavy atom. The monoisotopic (exact) mass is 316 g/mol. The van der Waals surface area contributed by atoms with Gasteiger partial charge in [0.1, 0.15) is 5.01 Å². The molecule has 0 spiro atoms. The molecule has 7 heteroatoms. The second-order valence-corrected chi connectivity index (χ2v) is 6.02. The van der Waals surface area contributed by atoms with Crippen molar-refractivity contribution < 1.29 is 4.79 Å². The van der Waals surface area contributed by atoms with Crippen LogP contribution in [-0.2, 0) is 11.2 Å². The van der Waals surface area contributed by atoms with E-state index in [0.29, 0.717) is 18.0 Å². The molecule has 3 rings (SSSR count). The van der Waals surface area contributed by atoms with Crippen LogP contribution >= 0.6 is 22.7 Å². The van der Waals surface area contributed by atoms with Crippen molar-refractivity contribution in [1.29, 1.82) is 0 Å².